The first-order valence-corrected chi connectivity index (χ1v) is 22.1. The summed E-state index contributed by atoms with van der Waals surface area (Å²) in [6.07, 6.45) is 8.88. The highest BCUT2D eigenvalue weighted by Gasteiger charge is 2.46. The van der Waals surface area contributed by atoms with Crippen LogP contribution in [0.5, 0.6) is 0 Å². The van der Waals surface area contributed by atoms with E-state index in [1.165, 1.54) is 105 Å². The zero-order valence-electron chi connectivity index (χ0n) is 34.2. The Kier molecular flexibility index (Phi) is 19.5. The molecule has 324 valence electrons. The predicted molar refractivity (Wildman–Crippen MR) is 235 cm³/mol. The summed E-state index contributed by atoms with van der Waals surface area (Å²) >= 11 is 6.99. The molecule has 4 N–H and O–H groups in total. The second-order valence-electron chi connectivity index (χ2n) is 14.9. The molecule has 13 heteroatoms. The summed E-state index contributed by atoms with van der Waals surface area (Å²) < 4.78 is 6.07. The number of halogens is 1. The Bertz CT molecular complexity index is 2140. The van der Waals surface area contributed by atoms with Crippen molar-refractivity contribution in [1.82, 2.24) is 0 Å². The van der Waals surface area contributed by atoms with E-state index >= 15 is 4.79 Å². The fourth-order valence-electron chi connectivity index (χ4n) is 8.02. The Morgan fingerprint density at radius 3 is 1.44 bits per heavy atom. The van der Waals surface area contributed by atoms with Crippen LogP contribution >= 0.6 is 23.4 Å². The Balaban J connectivity index is 1.98. The second kappa shape index (κ2) is 24.7. The van der Waals surface area contributed by atoms with Gasteiger partial charge in [0.2, 0.25) is 0 Å². The highest BCUT2D eigenvalue weighted by Crippen LogP contribution is 2.51. The first-order valence-electron chi connectivity index (χ1n) is 20.6. The van der Waals surface area contributed by atoms with Crippen LogP contribution in [-0.2, 0) is 20.7 Å². The van der Waals surface area contributed by atoms with Crippen molar-refractivity contribution >= 4 is 58.3 Å². The average Bonchev–Trinajstić information content (AvgIpc) is 3.25. The number of hydrogen-bond acceptors (Lipinski definition) is 8. The third kappa shape index (κ3) is 13.5. The van der Waals surface area contributed by atoms with Gasteiger partial charge in [-0.1, -0.05) is 149 Å². The molecule has 0 spiro atoms. The van der Waals surface area contributed by atoms with Crippen molar-refractivity contribution in [3.8, 4) is 0 Å². The van der Waals surface area contributed by atoms with Crippen LogP contribution < -0.4 is 0 Å². The third-order valence-corrected chi connectivity index (χ3v) is 12.1. The Morgan fingerprint density at radius 1 is 0.541 bits per heavy atom. The summed E-state index contributed by atoms with van der Waals surface area (Å²) in [6.45, 7) is 2.18. The molecule has 0 unspecified atom stereocenters. The molecule has 0 amide bonds. The molecule has 0 aliphatic carbocycles. The van der Waals surface area contributed by atoms with Gasteiger partial charge >= 0.3 is 29.8 Å². The second-order valence-corrected chi connectivity index (χ2v) is 16.3. The van der Waals surface area contributed by atoms with Gasteiger partial charge in [0.25, 0.3) is 0 Å². The zero-order chi connectivity index (χ0) is 44.3. The van der Waals surface area contributed by atoms with Crippen molar-refractivity contribution in [3.05, 3.63) is 142 Å². The number of thioether (sulfide) groups is 1. The number of alkyl halides is 1. The lowest BCUT2D eigenvalue weighted by molar-refractivity contribution is -0.147. The fourth-order valence-corrected chi connectivity index (χ4v) is 9.08. The minimum absolute atomic E-state index is 0.0330. The molecule has 4 aromatic carbocycles. The number of ether oxygens (including phenoxy) is 1. The van der Waals surface area contributed by atoms with Gasteiger partial charge in [0.05, 0.1) is 28.2 Å². The highest BCUT2D eigenvalue weighted by molar-refractivity contribution is 8.13. The lowest BCUT2D eigenvalue weighted by atomic mass is 9.66. The number of unbranched alkanes of at least 4 members (excludes halogenated alkanes) is 9. The quantitative estimate of drug-likeness (QED) is 0.0265. The molecule has 4 aromatic rings. The summed E-state index contributed by atoms with van der Waals surface area (Å²) in [6, 6.07) is 23.5. The third-order valence-electron chi connectivity index (χ3n) is 10.8. The number of carbonyl (C=O) groups excluding carboxylic acids is 2. The molecule has 61 heavy (non-hydrogen) atoms. The van der Waals surface area contributed by atoms with Crippen LogP contribution in [0.15, 0.2) is 97.1 Å². The van der Waals surface area contributed by atoms with Gasteiger partial charge in [-0.25, -0.2) is 19.2 Å². The number of carboxylic acids is 4. The van der Waals surface area contributed by atoms with E-state index < -0.39 is 64.7 Å². The first kappa shape index (κ1) is 48.2. The van der Waals surface area contributed by atoms with Crippen LogP contribution in [0.4, 0.5) is 0 Å². The van der Waals surface area contributed by atoms with Gasteiger partial charge in [-0.05, 0) is 52.9 Å². The Morgan fingerprint density at radius 2 is 0.951 bits per heavy atom. The molecular weight excluding hydrogens is 820 g/mol. The Hall–Kier alpha value is -5.46. The van der Waals surface area contributed by atoms with Crippen molar-refractivity contribution in [2.45, 2.75) is 101 Å². The summed E-state index contributed by atoms with van der Waals surface area (Å²) in [5.41, 5.74) is -0.612. The zero-order valence-corrected chi connectivity index (χ0v) is 35.7. The molecule has 4 rings (SSSR count). The van der Waals surface area contributed by atoms with Crippen molar-refractivity contribution in [2.24, 2.45) is 0 Å². The molecule has 0 saturated heterocycles. The highest BCUT2D eigenvalue weighted by atomic mass is 35.5. The smallest absolute Gasteiger partial charge is 0.335 e. The van der Waals surface area contributed by atoms with Gasteiger partial charge < -0.3 is 25.2 Å². The summed E-state index contributed by atoms with van der Waals surface area (Å²) in [4.78, 5) is 80.1. The van der Waals surface area contributed by atoms with Crippen molar-refractivity contribution in [2.75, 3.05) is 11.6 Å². The van der Waals surface area contributed by atoms with Crippen LogP contribution in [0.25, 0.3) is 0 Å². The van der Waals surface area contributed by atoms with E-state index in [-0.39, 0.29) is 50.9 Å². The molecule has 0 heterocycles. The number of carboxylic acid groups (broad SMARTS) is 4. The SMILES string of the molecule is CCCCCCCCCCCCSC(=O)[C@@H](c1ccccc1C(=O)O)[C@@H](c1ccccc1C(=O)O)[C@H](c1ccccc1C(=O)O)[C@@H](Cc1ccccc1C(=O)O)OC(=O)CCl. The maximum atomic E-state index is 15.1. The van der Waals surface area contributed by atoms with Gasteiger partial charge in [0.15, 0.2) is 5.12 Å². The van der Waals surface area contributed by atoms with E-state index in [1.807, 2.05) is 0 Å². The minimum Gasteiger partial charge on any atom is -0.478 e. The van der Waals surface area contributed by atoms with Gasteiger partial charge in [0, 0.05) is 24.0 Å². The average molecular weight is 873 g/mol. The summed E-state index contributed by atoms with van der Waals surface area (Å²) in [7, 11) is 0. The lowest BCUT2D eigenvalue weighted by Gasteiger charge is -2.39. The van der Waals surface area contributed by atoms with E-state index in [0.29, 0.717) is 12.2 Å². The van der Waals surface area contributed by atoms with E-state index in [2.05, 4.69) is 6.92 Å². The molecule has 0 aromatic heterocycles. The molecule has 0 fully saturated rings. The van der Waals surface area contributed by atoms with Gasteiger partial charge in [-0.15, -0.1) is 11.6 Å². The van der Waals surface area contributed by atoms with E-state index in [1.54, 1.807) is 24.3 Å². The number of esters is 1. The molecule has 4 atom stereocenters. The van der Waals surface area contributed by atoms with Crippen LogP contribution in [0.1, 0.15) is 153 Å². The topological polar surface area (TPSA) is 193 Å². The molecule has 0 saturated carbocycles. The van der Waals surface area contributed by atoms with Crippen molar-refractivity contribution in [3.63, 3.8) is 0 Å². The molecule has 0 aliphatic heterocycles. The van der Waals surface area contributed by atoms with E-state index in [9.17, 15) is 44.4 Å². The van der Waals surface area contributed by atoms with Gasteiger partial charge in [-0.3, -0.25) is 9.59 Å². The monoisotopic (exact) mass is 872 g/mol. The van der Waals surface area contributed by atoms with Crippen LogP contribution in [0, 0.1) is 0 Å². The van der Waals surface area contributed by atoms with E-state index in [4.69, 9.17) is 16.3 Å². The molecule has 0 bridgehead atoms. The van der Waals surface area contributed by atoms with Crippen molar-refractivity contribution < 1.29 is 53.9 Å². The van der Waals surface area contributed by atoms with Gasteiger partial charge in [-0.2, -0.15) is 0 Å². The maximum absolute atomic E-state index is 15.1. The largest absolute Gasteiger partial charge is 0.478 e. The number of aromatic carboxylic acids is 4. The predicted octanol–water partition coefficient (Wildman–Crippen LogP) is 10.7. The summed E-state index contributed by atoms with van der Waals surface area (Å²) in [5, 5.41) is 41.5. The standard InChI is InChI=1S/C48H53ClO11S/c1-2-3-4-5-6-7-8-9-10-19-28-61-48(59)43(35-24-15-18-27-38(35)47(57)58)42(34-23-14-17-26-37(34)46(55)56)41(33-22-13-16-25-36(33)45(53)54)39(60-40(50)30-49)29-31-20-11-12-21-32(31)44(51)52/h11-18,20-27,39,41-43H,2-10,19,28-30H2,1H3,(H,51,52)(H,53,54)(H,55,56)(H,57,58)/t39-,41-,42+,43+/m1/s1. The molecule has 0 radical (unpaired) electrons. The summed E-state index contributed by atoms with van der Waals surface area (Å²) in [5.74, 6) is -11.0. The normalized spacial score (nSPS) is 13.1. The number of benzene rings is 4. The van der Waals surface area contributed by atoms with Crippen LogP contribution in [0.2, 0.25) is 0 Å². The maximum Gasteiger partial charge on any atom is 0.335 e. The molecule has 0 aliphatic rings. The van der Waals surface area contributed by atoms with Gasteiger partial charge in [0.1, 0.15) is 12.0 Å². The molecular formula is C48H53ClO11S. The van der Waals surface area contributed by atoms with E-state index in [0.717, 1.165) is 37.4 Å². The Labute approximate surface area is 365 Å². The van der Waals surface area contributed by atoms with Crippen LogP contribution in [-0.4, -0.2) is 73.1 Å². The lowest BCUT2D eigenvalue weighted by Crippen LogP contribution is -2.38. The number of carbonyl (C=O) groups is 6. The number of rotatable bonds is 26. The minimum atomic E-state index is -1.49. The first-order chi connectivity index (χ1) is 29.4. The van der Waals surface area contributed by atoms with Crippen molar-refractivity contribution in [1.29, 1.82) is 0 Å². The number of hydrogen-bond donors (Lipinski definition) is 4. The fraction of sp³-hybridized carbons (Fsp3) is 0.375. The molecule has 11 nitrogen and oxygen atoms in total. The van der Waals surface area contributed by atoms with Crippen LogP contribution in [0.3, 0.4) is 0 Å².